The van der Waals surface area contributed by atoms with Crippen LogP contribution in [0.1, 0.15) is 38.2 Å². The number of amides is 1. The second-order valence-corrected chi connectivity index (χ2v) is 7.08. The minimum Gasteiger partial charge on any atom is -0.377 e. The third kappa shape index (κ3) is 4.93. The number of nitrogens with one attached hydrogen (secondary N) is 2. The number of nitrogens with zero attached hydrogens (tertiary/aromatic N) is 1. The smallest absolute Gasteiger partial charge is 0.223 e. The van der Waals surface area contributed by atoms with E-state index < -0.39 is 0 Å². The lowest BCUT2D eigenvalue weighted by Crippen LogP contribution is -2.46. The lowest BCUT2D eigenvalue weighted by atomic mass is 9.83. The molecule has 1 fully saturated rings. The molecule has 0 spiro atoms. The van der Waals surface area contributed by atoms with Gasteiger partial charge in [-0.1, -0.05) is 6.92 Å². The number of carbonyl (C=O) groups is 1. The van der Waals surface area contributed by atoms with E-state index in [0.29, 0.717) is 19.6 Å². The van der Waals surface area contributed by atoms with Crippen LogP contribution in [0, 0.1) is 11.7 Å². The summed E-state index contributed by atoms with van der Waals surface area (Å²) in [5, 5.41) is 9.96. The number of rotatable bonds is 7. The fraction of sp³-hybridized carbons (Fsp3) is 0.500. The first-order valence-corrected chi connectivity index (χ1v) is 9.51. The van der Waals surface area contributed by atoms with E-state index in [0.717, 1.165) is 36.1 Å². The van der Waals surface area contributed by atoms with E-state index in [1.807, 2.05) is 0 Å². The van der Waals surface area contributed by atoms with Crippen molar-refractivity contribution in [3.8, 4) is 11.3 Å². The molecule has 2 aromatic rings. The predicted molar refractivity (Wildman–Crippen MR) is 101 cm³/mol. The minimum atomic E-state index is -0.289. The molecule has 146 valence electrons. The molecule has 7 heteroatoms. The SMILES string of the molecule is CCCO[C@@H]1CC[C@H](C(=O)NCc2cn[nH]c2-c2ccc(F)cc2)C[C@H]1N. The number of halogens is 1. The average molecular weight is 374 g/mol. The quantitative estimate of drug-likeness (QED) is 0.695. The molecule has 27 heavy (non-hydrogen) atoms. The van der Waals surface area contributed by atoms with Crippen LogP contribution in [0.5, 0.6) is 0 Å². The monoisotopic (exact) mass is 374 g/mol. The van der Waals surface area contributed by atoms with Crippen LogP contribution in [-0.2, 0) is 16.1 Å². The van der Waals surface area contributed by atoms with Crippen LogP contribution in [0.4, 0.5) is 4.39 Å². The van der Waals surface area contributed by atoms with Crippen molar-refractivity contribution in [3.05, 3.63) is 41.8 Å². The van der Waals surface area contributed by atoms with Crippen LogP contribution >= 0.6 is 0 Å². The highest BCUT2D eigenvalue weighted by molar-refractivity contribution is 5.79. The van der Waals surface area contributed by atoms with Gasteiger partial charge in [0.2, 0.25) is 5.91 Å². The van der Waals surface area contributed by atoms with Crippen molar-refractivity contribution in [1.29, 1.82) is 0 Å². The first-order chi connectivity index (χ1) is 13.1. The number of benzene rings is 1. The van der Waals surface area contributed by atoms with Gasteiger partial charge in [0.1, 0.15) is 5.82 Å². The molecule has 0 unspecified atom stereocenters. The average Bonchev–Trinajstić information content (AvgIpc) is 3.14. The molecule has 1 heterocycles. The number of carbonyl (C=O) groups excluding carboxylic acids is 1. The highest BCUT2D eigenvalue weighted by Crippen LogP contribution is 2.26. The van der Waals surface area contributed by atoms with Crippen molar-refractivity contribution >= 4 is 5.91 Å². The first-order valence-electron chi connectivity index (χ1n) is 9.51. The number of aromatic amines is 1. The summed E-state index contributed by atoms with van der Waals surface area (Å²) in [7, 11) is 0. The molecule has 0 bridgehead atoms. The highest BCUT2D eigenvalue weighted by atomic mass is 19.1. The van der Waals surface area contributed by atoms with Crippen molar-refractivity contribution in [2.45, 2.75) is 51.3 Å². The molecule has 0 radical (unpaired) electrons. The van der Waals surface area contributed by atoms with Gasteiger partial charge in [-0.15, -0.1) is 0 Å². The second-order valence-electron chi connectivity index (χ2n) is 7.08. The van der Waals surface area contributed by atoms with Gasteiger partial charge in [-0.25, -0.2) is 4.39 Å². The second kappa shape index (κ2) is 9.10. The Labute approximate surface area is 158 Å². The van der Waals surface area contributed by atoms with Gasteiger partial charge < -0.3 is 15.8 Å². The van der Waals surface area contributed by atoms with Gasteiger partial charge in [-0.3, -0.25) is 9.89 Å². The zero-order valence-electron chi connectivity index (χ0n) is 15.6. The Hall–Kier alpha value is -2.25. The van der Waals surface area contributed by atoms with Crippen LogP contribution in [0.2, 0.25) is 0 Å². The fourth-order valence-corrected chi connectivity index (χ4v) is 3.53. The van der Waals surface area contributed by atoms with Crippen molar-refractivity contribution in [2.75, 3.05) is 6.61 Å². The Morgan fingerprint density at radius 2 is 2.15 bits per heavy atom. The van der Waals surface area contributed by atoms with E-state index in [-0.39, 0.29) is 29.8 Å². The molecule has 1 aromatic heterocycles. The van der Waals surface area contributed by atoms with Gasteiger partial charge >= 0.3 is 0 Å². The lowest BCUT2D eigenvalue weighted by molar-refractivity contribution is -0.127. The Bertz CT molecular complexity index is 747. The number of nitrogens with two attached hydrogens (primary N) is 1. The molecular formula is C20H27FN4O2. The van der Waals surface area contributed by atoms with E-state index in [1.165, 1.54) is 12.1 Å². The number of aromatic nitrogens is 2. The minimum absolute atomic E-state index is 0.00523. The lowest BCUT2D eigenvalue weighted by Gasteiger charge is -2.33. The van der Waals surface area contributed by atoms with Crippen molar-refractivity contribution in [2.24, 2.45) is 11.7 Å². The number of H-pyrrole nitrogens is 1. The van der Waals surface area contributed by atoms with Gasteiger partial charge in [0.05, 0.1) is 18.0 Å². The van der Waals surface area contributed by atoms with Gasteiger partial charge in [-0.05, 0) is 49.9 Å². The predicted octanol–water partition coefficient (Wildman–Crippen LogP) is 2.75. The molecular weight excluding hydrogens is 347 g/mol. The zero-order chi connectivity index (χ0) is 19.2. The Balaban J connectivity index is 1.55. The van der Waals surface area contributed by atoms with Crippen LogP contribution in [0.3, 0.4) is 0 Å². The van der Waals surface area contributed by atoms with Crippen LogP contribution in [-0.4, -0.2) is 34.9 Å². The van der Waals surface area contributed by atoms with Crippen LogP contribution in [0.15, 0.2) is 30.5 Å². The molecule has 0 aliphatic heterocycles. The number of hydrogen-bond donors (Lipinski definition) is 3. The fourth-order valence-electron chi connectivity index (χ4n) is 3.53. The number of ether oxygens (including phenoxy) is 1. The Morgan fingerprint density at radius 3 is 2.85 bits per heavy atom. The van der Waals surface area contributed by atoms with E-state index in [9.17, 15) is 9.18 Å². The van der Waals surface area contributed by atoms with Crippen molar-refractivity contribution < 1.29 is 13.9 Å². The number of hydrogen-bond acceptors (Lipinski definition) is 4. The molecule has 3 atom stereocenters. The van der Waals surface area contributed by atoms with Gasteiger partial charge in [0.15, 0.2) is 0 Å². The summed E-state index contributed by atoms with van der Waals surface area (Å²) in [6.45, 7) is 3.14. The van der Waals surface area contributed by atoms with Crippen molar-refractivity contribution in [1.82, 2.24) is 15.5 Å². The summed E-state index contributed by atoms with van der Waals surface area (Å²) in [4.78, 5) is 12.6. The topological polar surface area (TPSA) is 93.0 Å². The molecule has 3 rings (SSSR count). The maximum Gasteiger partial charge on any atom is 0.223 e. The van der Waals surface area contributed by atoms with E-state index in [2.05, 4.69) is 22.4 Å². The summed E-state index contributed by atoms with van der Waals surface area (Å²) in [5.41, 5.74) is 8.67. The maximum atomic E-state index is 13.1. The summed E-state index contributed by atoms with van der Waals surface area (Å²) >= 11 is 0. The molecule has 1 saturated carbocycles. The summed E-state index contributed by atoms with van der Waals surface area (Å²) in [5.74, 6) is -0.378. The zero-order valence-corrected chi connectivity index (χ0v) is 15.6. The van der Waals surface area contributed by atoms with E-state index >= 15 is 0 Å². The molecule has 1 amide bonds. The van der Waals surface area contributed by atoms with Crippen LogP contribution in [0.25, 0.3) is 11.3 Å². The molecule has 1 aliphatic carbocycles. The summed E-state index contributed by atoms with van der Waals surface area (Å²) in [6.07, 6.45) is 4.92. The van der Waals surface area contributed by atoms with Gasteiger partial charge in [-0.2, -0.15) is 5.10 Å². The Kier molecular flexibility index (Phi) is 6.58. The molecule has 4 N–H and O–H groups in total. The maximum absolute atomic E-state index is 13.1. The van der Waals surface area contributed by atoms with E-state index in [4.69, 9.17) is 10.5 Å². The van der Waals surface area contributed by atoms with Gasteiger partial charge in [0.25, 0.3) is 0 Å². The third-order valence-electron chi connectivity index (χ3n) is 5.04. The normalized spacial score (nSPS) is 22.6. The first kappa shape index (κ1) is 19.5. The standard InChI is InChI=1S/C20H27FN4O2/c1-2-9-27-18-8-5-14(10-17(18)22)20(26)23-11-15-12-24-25-19(15)13-3-6-16(21)7-4-13/h3-4,6-7,12,14,17-18H,2,5,8-11,22H2,1H3,(H,23,26)(H,24,25)/t14-,17+,18+/m0/s1. The summed E-state index contributed by atoms with van der Waals surface area (Å²) in [6, 6.07) is 6.07. The summed E-state index contributed by atoms with van der Waals surface area (Å²) < 4.78 is 18.9. The highest BCUT2D eigenvalue weighted by Gasteiger charge is 2.32. The largest absolute Gasteiger partial charge is 0.377 e. The molecule has 1 aliphatic rings. The molecule has 6 nitrogen and oxygen atoms in total. The Morgan fingerprint density at radius 1 is 1.37 bits per heavy atom. The van der Waals surface area contributed by atoms with Gasteiger partial charge in [0, 0.05) is 36.2 Å². The molecule has 1 aromatic carbocycles. The van der Waals surface area contributed by atoms with Crippen molar-refractivity contribution in [3.63, 3.8) is 0 Å². The third-order valence-corrected chi connectivity index (χ3v) is 5.04. The molecule has 0 saturated heterocycles. The van der Waals surface area contributed by atoms with E-state index in [1.54, 1.807) is 18.3 Å². The van der Waals surface area contributed by atoms with Crippen LogP contribution < -0.4 is 11.1 Å².